The van der Waals surface area contributed by atoms with Crippen LogP contribution in [0.3, 0.4) is 0 Å². The number of amides is 1. The average Bonchev–Trinajstić information content (AvgIpc) is 3.07. The van der Waals surface area contributed by atoms with Crippen molar-refractivity contribution in [3.63, 3.8) is 0 Å². The van der Waals surface area contributed by atoms with Crippen LogP contribution in [0.5, 0.6) is 0 Å². The Morgan fingerprint density at radius 2 is 2.12 bits per heavy atom. The Morgan fingerprint density at radius 1 is 1.32 bits per heavy atom. The second-order valence-electron chi connectivity index (χ2n) is 7.28. The molecule has 1 aliphatic heterocycles. The number of aromatic nitrogens is 4. The zero-order valence-electron chi connectivity index (χ0n) is 15.5. The van der Waals surface area contributed by atoms with Crippen molar-refractivity contribution in [3.8, 4) is 0 Å². The molecule has 2 aromatic rings. The molecule has 136 valence electrons. The molecule has 0 unspecified atom stereocenters. The highest BCUT2D eigenvalue weighted by molar-refractivity contribution is 5.92. The van der Waals surface area contributed by atoms with Gasteiger partial charge in [-0.05, 0) is 46.2 Å². The molecule has 0 bridgehead atoms. The van der Waals surface area contributed by atoms with Crippen LogP contribution >= 0.6 is 0 Å². The maximum absolute atomic E-state index is 12.5. The third-order valence-electron chi connectivity index (χ3n) is 4.66. The third-order valence-corrected chi connectivity index (χ3v) is 4.66. The van der Waals surface area contributed by atoms with E-state index in [-0.39, 0.29) is 11.9 Å². The number of nitrogens with one attached hydrogen (secondary N) is 2. The topological polar surface area (TPSA) is 78.8 Å². The molecule has 7 heteroatoms. The Balaban J connectivity index is 1.64. The Hall–Kier alpha value is -2.15. The number of aromatic amines is 1. The van der Waals surface area contributed by atoms with Gasteiger partial charge in [-0.3, -0.25) is 19.5 Å². The second kappa shape index (κ2) is 7.39. The maximum Gasteiger partial charge on any atom is 0.272 e. The molecule has 2 aromatic heterocycles. The molecule has 1 atom stereocenters. The maximum atomic E-state index is 12.5. The summed E-state index contributed by atoms with van der Waals surface area (Å²) in [5.74, 6) is -0.114. The first-order valence-electron chi connectivity index (χ1n) is 9.05. The Bertz CT molecular complexity index is 732. The first-order valence-corrected chi connectivity index (χ1v) is 9.05. The third kappa shape index (κ3) is 4.28. The summed E-state index contributed by atoms with van der Waals surface area (Å²) in [6.45, 7) is 11.2. The monoisotopic (exact) mass is 344 g/mol. The van der Waals surface area contributed by atoms with Crippen molar-refractivity contribution in [1.82, 2.24) is 30.2 Å². The van der Waals surface area contributed by atoms with E-state index in [0.717, 1.165) is 43.1 Å². The smallest absolute Gasteiger partial charge is 0.272 e. The summed E-state index contributed by atoms with van der Waals surface area (Å²) >= 11 is 0. The lowest BCUT2D eigenvalue weighted by atomic mass is 10.1. The van der Waals surface area contributed by atoms with E-state index in [0.29, 0.717) is 18.2 Å². The fourth-order valence-corrected chi connectivity index (χ4v) is 3.28. The summed E-state index contributed by atoms with van der Waals surface area (Å²) in [4.78, 5) is 15.0. The van der Waals surface area contributed by atoms with E-state index in [4.69, 9.17) is 0 Å². The summed E-state index contributed by atoms with van der Waals surface area (Å²) in [5, 5.41) is 14.7. The van der Waals surface area contributed by atoms with Crippen LogP contribution < -0.4 is 5.32 Å². The van der Waals surface area contributed by atoms with Crippen LogP contribution in [-0.2, 0) is 19.5 Å². The van der Waals surface area contributed by atoms with E-state index in [1.807, 2.05) is 30.7 Å². The fraction of sp³-hybridized carbons (Fsp3) is 0.611. The van der Waals surface area contributed by atoms with E-state index in [9.17, 15) is 4.79 Å². The number of H-pyrrole nitrogens is 1. The highest BCUT2D eigenvalue weighted by Gasteiger charge is 2.21. The van der Waals surface area contributed by atoms with Gasteiger partial charge in [0.05, 0.1) is 11.4 Å². The number of aryl methyl sites for hydroxylation is 2. The van der Waals surface area contributed by atoms with Crippen molar-refractivity contribution in [2.75, 3.05) is 6.54 Å². The summed E-state index contributed by atoms with van der Waals surface area (Å²) in [5.41, 5.74) is 3.61. The molecular formula is C18H28N6O. The summed E-state index contributed by atoms with van der Waals surface area (Å²) < 4.78 is 1.99. The SMILES string of the molecule is Cc1cc(C[C@H](C)NC(=O)c2cc3n(n2)CCCN(C(C)C)C3)n[nH]1. The van der Waals surface area contributed by atoms with Crippen LogP contribution in [0.25, 0.3) is 0 Å². The molecule has 7 nitrogen and oxygen atoms in total. The van der Waals surface area contributed by atoms with Gasteiger partial charge in [-0.2, -0.15) is 10.2 Å². The lowest BCUT2D eigenvalue weighted by Crippen LogP contribution is -2.34. The number of rotatable bonds is 5. The van der Waals surface area contributed by atoms with E-state index in [1.165, 1.54) is 0 Å². The van der Waals surface area contributed by atoms with Crippen molar-refractivity contribution in [1.29, 1.82) is 0 Å². The van der Waals surface area contributed by atoms with Crippen LogP contribution in [0.2, 0.25) is 0 Å². The number of fused-ring (bicyclic) bond motifs is 1. The van der Waals surface area contributed by atoms with Gasteiger partial charge in [-0.1, -0.05) is 0 Å². The molecule has 0 fully saturated rings. The molecule has 0 aliphatic carbocycles. The largest absolute Gasteiger partial charge is 0.348 e. The molecule has 25 heavy (non-hydrogen) atoms. The molecule has 1 aliphatic rings. The van der Waals surface area contributed by atoms with Crippen molar-refractivity contribution in [3.05, 3.63) is 34.9 Å². The van der Waals surface area contributed by atoms with E-state index < -0.39 is 0 Å². The molecule has 3 rings (SSSR count). The van der Waals surface area contributed by atoms with E-state index >= 15 is 0 Å². The van der Waals surface area contributed by atoms with Crippen LogP contribution in [0.15, 0.2) is 12.1 Å². The Morgan fingerprint density at radius 3 is 2.80 bits per heavy atom. The van der Waals surface area contributed by atoms with Crippen LogP contribution in [0.4, 0.5) is 0 Å². The number of hydrogen-bond donors (Lipinski definition) is 2. The second-order valence-corrected chi connectivity index (χ2v) is 7.28. The summed E-state index contributed by atoms with van der Waals surface area (Å²) in [6, 6.07) is 4.43. The van der Waals surface area contributed by atoms with Crippen molar-refractivity contribution >= 4 is 5.91 Å². The van der Waals surface area contributed by atoms with Crippen molar-refractivity contribution < 1.29 is 4.79 Å². The highest BCUT2D eigenvalue weighted by atomic mass is 16.2. The van der Waals surface area contributed by atoms with E-state index in [2.05, 4.69) is 39.4 Å². The zero-order chi connectivity index (χ0) is 18.0. The van der Waals surface area contributed by atoms with Gasteiger partial charge >= 0.3 is 0 Å². The molecular weight excluding hydrogens is 316 g/mol. The molecule has 2 N–H and O–H groups in total. The first-order chi connectivity index (χ1) is 11.9. The van der Waals surface area contributed by atoms with Crippen LogP contribution in [-0.4, -0.2) is 49.4 Å². The van der Waals surface area contributed by atoms with Gasteiger partial charge in [0, 0.05) is 43.8 Å². The molecule has 1 amide bonds. The van der Waals surface area contributed by atoms with Crippen LogP contribution in [0, 0.1) is 6.92 Å². The van der Waals surface area contributed by atoms with Gasteiger partial charge < -0.3 is 5.32 Å². The van der Waals surface area contributed by atoms with E-state index in [1.54, 1.807) is 0 Å². The normalized spacial score (nSPS) is 16.5. The fourth-order valence-electron chi connectivity index (χ4n) is 3.28. The van der Waals surface area contributed by atoms with Gasteiger partial charge in [0.15, 0.2) is 0 Å². The van der Waals surface area contributed by atoms with Gasteiger partial charge in [-0.15, -0.1) is 0 Å². The van der Waals surface area contributed by atoms with Crippen molar-refractivity contribution in [2.45, 2.75) is 65.7 Å². The van der Waals surface area contributed by atoms with Gasteiger partial charge in [-0.25, -0.2) is 0 Å². The molecule has 0 spiro atoms. The Labute approximate surface area is 148 Å². The summed E-state index contributed by atoms with van der Waals surface area (Å²) in [6.07, 6.45) is 1.76. The molecule has 0 saturated carbocycles. The number of carbonyl (C=O) groups is 1. The molecule has 0 radical (unpaired) electrons. The molecule has 0 saturated heterocycles. The van der Waals surface area contributed by atoms with Crippen LogP contribution in [0.1, 0.15) is 54.8 Å². The highest BCUT2D eigenvalue weighted by Crippen LogP contribution is 2.16. The predicted octanol–water partition coefficient (Wildman–Crippen LogP) is 1.89. The minimum absolute atomic E-state index is 0.00358. The summed E-state index contributed by atoms with van der Waals surface area (Å²) in [7, 11) is 0. The quantitative estimate of drug-likeness (QED) is 0.868. The van der Waals surface area contributed by atoms with Crippen molar-refractivity contribution in [2.24, 2.45) is 0 Å². The van der Waals surface area contributed by atoms with Gasteiger partial charge in [0.1, 0.15) is 5.69 Å². The average molecular weight is 344 g/mol. The zero-order valence-corrected chi connectivity index (χ0v) is 15.5. The first kappa shape index (κ1) is 17.7. The Kier molecular flexibility index (Phi) is 5.22. The lowest BCUT2D eigenvalue weighted by molar-refractivity contribution is 0.0934. The minimum atomic E-state index is -0.114. The van der Waals surface area contributed by atoms with Gasteiger partial charge in [0.25, 0.3) is 5.91 Å². The molecule has 0 aromatic carbocycles. The minimum Gasteiger partial charge on any atom is -0.348 e. The number of hydrogen-bond acceptors (Lipinski definition) is 4. The van der Waals surface area contributed by atoms with Gasteiger partial charge in [0.2, 0.25) is 0 Å². The predicted molar refractivity (Wildman–Crippen MR) is 96.3 cm³/mol. The number of nitrogens with zero attached hydrogens (tertiary/aromatic N) is 4. The molecule has 3 heterocycles. The lowest BCUT2D eigenvalue weighted by Gasteiger charge is -2.23. The standard InChI is InChI=1S/C18H28N6O/c1-12(2)23-6-5-7-24-16(11-23)10-17(22-24)18(25)19-13(3)8-15-9-14(4)20-21-15/h9-10,12-13H,5-8,11H2,1-4H3,(H,19,25)(H,20,21)/t13-/m0/s1. The number of carbonyl (C=O) groups excluding carboxylic acids is 1.